The van der Waals surface area contributed by atoms with Gasteiger partial charge < -0.3 is 9.69 Å². The number of aldehydes is 1. The maximum Gasteiger partial charge on any atom is 0.127 e. The molecule has 0 amide bonds. The van der Waals surface area contributed by atoms with E-state index in [1.165, 1.54) is 6.42 Å². The average Bonchev–Trinajstić information content (AvgIpc) is 2.15. The molecule has 0 bridgehead atoms. The minimum Gasteiger partial charge on any atom is -0.305 e. The molecule has 0 saturated heterocycles. The summed E-state index contributed by atoms with van der Waals surface area (Å²) >= 11 is 0. The first-order chi connectivity index (χ1) is 6.93. The molecule has 1 atom stereocenters. The lowest BCUT2D eigenvalue weighted by molar-refractivity contribution is -0.116. The second kappa shape index (κ2) is 7.00. The van der Waals surface area contributed by atoms with E-state index in [4.69, 9.17) is 0 Å². The minimum atomic E-state index is -0.152. The monoisotopic (exact) mass is 213 g/mol. The van der Waals surface area contributed by atoms with E-state index in [1.54, 1.807) is 0 Å². The Hall–Kier alpha value is -0.370. The molecule has 0 rings (SSSR count). The molecule has 0 radical (unpaired) electrons. The lowest BCUT2D eigenvalue weighted by Crippen LogP contribution is -2.35. The maximum atomic E-state index is 11.1. The third-order valence-electron chi connectivity index (χ3n) is 2.82. The zero-order chi connectivity index (χ0) is 11.9. The van der Waals surface area contributed by atoms with Crippen molar-refractivity contribution < 1.29 is 4.79 Å². The van der Waals surface area contributed by atoms with Crippen molar-refractivity contribution in [3.8, 4) is 0 Å². The highest BCUT2D eigenvalue weighted by Gasteiger charge is 2.24. The van der Waals surface area contributed by atoms with Gasteiger partial charge >= 0.3 is 0 Å². The van der Waals surface area contributed by atoms with E-state index in [2.05, 4.69) is 39.6 Å². The van der Waals surface area contributed by atoms with Crippen LogP contribution in [-0.4, -0.2) is 31.3 Å². The number of hydrogen-bond acceptors (Lipinski definition) is 2. The minimum absolute atomic E-state index is 0.152. The molecule has 0 aliphatic heterocycles. The van der Waals surface area contributed by atoms with Gasteiger partial charge in [0.25, 0.3) is 0 Å². The molecule has 0 aromatic heterocycles. The SMILES string of the molecule is CCCC(C)(C=O)CN(C)CCC(C)C. The summed E-state index contributed by atoms with van der Waals surface area (Å²) in [5.41, 5.74) is -0.152. The van der Waals surface area contributed by atoms with Crippen molar-refractivity contribution in [3.05, 3.63) is 0 Å². The van der Waals surface area contributed by atoms with Crippen LogP contribution >= 0.6 is 0 Å². The highest BCUT2D eigenvalue weighted by atomic mass is 16.1. The van der Waals surface area contributed by atoms with Gasteiger partial charge in [0.1, 0.15) is 6.29 Å². The summed E-state index contributed by atoms with van der Waals surface area (Å²) in [6.45, 7) is 10.6. The van der Waals surface area contributed by atoms with E-state index in [1.807, 2.05) is 0 Å². The molecular weight excluding hydrogens is 186 g/mol. The Bertz CT molecular complexity index is 179. The second-order valence-electron chi connectivity index (χ2n) is 5.44. The molecule has 0 aromatic carbocycles. The number of rotatable bonds is 8. The van der Waals surface area contributed by atoms with Crippen LogP contribution in [0.1, 0.15) is 47.0 Å². The van der Waals surface area contributed by atoms with Crippen LogP contribution in [0, 0.1) is 11.3 Å². The number of carbonyl (C=O) groups is 1. The van der Waals surface area contributed by atoms with Crippen LogP contribution in [0.3, 0.4) is 0 Å². The molecule has 1 unspecified atom stereocenters. The van der Waals surface area contributed by atoms with Gasteiger partial charge in [-0.1, -0.05) is 34.1 Å². The van der Waals surface area contributed by atoms with E-state index in [0.29, 0.717) is 0 Å². The standard InChI is InChI=1S/C13H27NO/c1-6-8-13(4,11-15)10-14(5)9-7-12(2)3/h11-12H,6-10H2,1-5H3. The molecule has 0 aliphatic carbocycles. The molecule has 2 heteroatoms. The van der Waals surface area contributed by atoms with Crippen LogP contribution in [0.25, 0.3) is 0 Å². The van der Waals surface area contributed by atoms with E-state index >= 15 is 0 Å². The van der Waals surface area contributed by atoms with E-state index in [-0.39, 0.29) is 5.41 Å². The lowest BCUT2D eigenvalue weighted by Gasteiger charge is -2.29. The van der Waals surface area contributed by atoms with Gasteiger partial charge in [0, 0.05) is 12.0 Å². The van der Waals surface area contributed by atoms with Crippen LogP contribution in [0.2, 0.25) is 0 Å². The van der Waals surface area contributed by atoms with Crippen LogP contribution in [0.15, 0.2) is 0 Å². The van der Waals surface area contributed by atoms with Crippen molar-refractivity contribution in [1.29, 1.82) is 0 Å². The quantitative estimate of drug-likeness (QED) is 0.578. The molecular formula is C13H27NO. The van der Waals surface area contributed by atoms with E-state index in [9.17, 15) is 4.79 Å². The van der Waals surface area contributed by atoms with Crippen molar-refractivity contribution in [2.45, 2.75) is 47.0 Å². The smallest absolute Gasteiger partial charge is 0.127 e. The summed E-state index contributed by atoms with van der Waals surface area (Å²) in [6.07, 6.45) is 4.40. The molecule has 0 aliphatic rings. The van der Waals surface area contributed by atoms with Gasteiger partial charge in [-0.2, -0.15) is 0 Å². The highest BCUT2D eigenvalue weighted by molar-refractivity contribution is 5.58. The molecule has 0 N–H and O–H groups in total. The molecule has 0 heterocycles. The average molecular weight is 213 g/mol. The van der Waals surface area contributed by atoms with Gasteiger partial charge in [0.15, 0.2) is 0 Å². The summed E-state index contributed by atoms with van der Waals surface area (Å²) in [7, 11) is 2.11. The zero-order valence-electron chi connectivity index (χ0n) is 11.0. The van der Waals surface area contributed by atoms with Crippen LogP contribution in [-0.2, 0) is 4.79 Å². The Labute approximate surface area is 95.0 Å². The Kier molecular flexibility index (Phi) is 6.82. The molecule has 15 heavy (non-hydrogen) atoms. The van der Waals surface area contributed by atoms with Crippen molar-refractivity contribution >= 4 is 6.29 Å². The van der Waals surface area contributed by atoms with Crippen LogP contribution in [0.5, 0.6) is 0 Å². The Morgan fingerprint density at radius 1 is 1.40 bits per heavy atom. The van der Waals surface area contributed by atoms with Gasteiger partial charge in [-0.25, -0.2) is 0 Å². The van der Waals surface area contributed by atoms with E-state index in [0.717, 1.165) is 38.1 Å². The van der Waals surface area contributed by atoms with Crippen molar-refractivity contribution in [2.75, 3.05) is 20.1 Å². The summed E-state index contributed by atoms with van der Waals surface area (Å²) in [6, 6.07) is 0. The summed E-state index contributed by atoms with van der Waals surface area (Å²) in [5, 5.41) is 0. The molecule has 0 aromatic rings. The Morgan fingerprint density at radius 3 is 2.40 bits per heavy atom. The van der Waals surface area contributed by atoms with Gasteiger partial charge in [-0.05, 0) is 32.4 Å². The second-order valence-corrected chi connectivity index (χ2v) is 5.44. The predicted octanol–water partition coefficient (Wildman–Crippen LogP) is 2.97. The van der Waals surface area contributed by atoms with Gasteiger partial charge in [-0.15, -0.1) is 0 Å². The highest BCUT2D eigenvalue weighted by Crippen LogP contribution is 2.21. The molecule has 0 fully saturated rings. The van der Waals surface area contributed by atoms with Gasteiger partial charge in [-0.3, -0.25) is 0 Å². The number of carbonyl (C=O) groups excluding carboxylic acids is 1. The fourth-order valence-corrected chi connectivity index (χ4v) is 1.92. The third-order valence-corrected chi connectivity index (χ3v) is 2.82. The van der Waals surface area contributed by atoms with Crippen molar-refractivity contribution in [2.24, 2.45) is 11.3 Å². The largest absolute Gasteiger partial charge is 0.305 e. The normalized spacial score (nSPS) is 15.7. The van der Waals surface area contributed by atoms with Crippen LogP contribution in [0.4, 0.5) is 0 Å². The molecule has 0 saturated carbocycles. The first-order valence-electron chi connectivity index (χ1n) is 6.08. The zero-order valence-corrected chi connectivity index (χ0v) is 11.0. The fourth-order valence-electron chi connectivity index (χ4n) is 1.92. The Balaban J connectivity index is 4.00. The molecule has 0 spiro atoms. The lowest BCUT2D eigenvalue weighted by atomic mass is 9.87. The van der Waals surface area contributed by atoms with Crippen LogP contribution < -0.4 is 0 Å². The maximum absolute atomic E-state index is 11.1. The summed E-state index contributed by atoms with van der Waals surface area (Å²) in [4.78, 5) is 13.3. The number of nitrogens with zero attached hydrogens (tertiary/aromatic N) is 1. The fraction of sp³-hybridized carbons (Fsp3) is 0.923. The van der Waals surface area contributed by atoms with Gasteiger partial charge in [0.2, 0.25) is 0 Å². The topological polar surface area (TPSA) is 20.3 Å². The summed E-state index contributed by atoms with van der Waals surface area (Å²) < 4.78 is 0. The molecule has 2 nitrogen and oxygen atoms in total. The van der Waals surface area contributed by atoms with E-state index < -0.39 is 0 Å². The first-order valence-corrected chi connectivity index (χ1v) is 6.08. The predicted molar refractivity (Wildman–Crippen MR) is 66.0 cm³/mol. The molecule has 90 valence electrons. The summed E-state index contributed by atoms with van der Waals surface area (Å²) in [5.74, 6) is 0.737. The van der Waals surface area contributed by atoms with Gasteiger partial charge in [0.05, 0.1) is 0 Å². The van der Waals surface area contributed by atoms with Crippen molar-refractivity contribution in [3.63, 3.8) is 0 Å². The Morgan fingerprint density at radius 2 is 2.00 bits per heavy atom. The van der Waals surface area contributed by atoms with Crippen molar-refractivity contribution in [1.82, 2.24) is 4.90 Å². The first kappa shape index (κ1) is 14.6. The number of hydrogen-bond donors (Lipinski definition) is 0. The third kappa shape index (κ3) is 6.67.